The summed E-state index contributed by atoms with van der Waals surface area (Å²) < 4.78 is 6.36. The SMILES string of the molecule is C1=CC2Oc3ccccc3C2C(c2cccc3c(-c4nc(-c5ccccc5)nc(-c5ccc(-c6ccccc6)cc5)n4)cccc23)=C1. The number of para-hydroxylation sites is 1. The van der Waals surface area contributed by atoms with E-state index < -0.39 is 0 Å². The van der Waals surface area contributed by atoms with Crippen LogP contribution in [0.25, 0.3) is 61.6 Å². The largest absolute Gasteiger partial charge is 0.485 e. The summed E-state index contributed by atoms with van der Waals surface area (Å²) in [6, 6.07) is 50.3. The molecule has 47 heavy (non-hydrogen) atoms. The molecule has 0 N–H and O–H groups in total. The Morgan fingerprint density at radius 1 is 0.447 bits per heavy atom. The van der Waals surface area contributed by atoms with Gasteiger partial charge in [0, 0.05) is 22.3 Å². The third-order valence-electron chi connectivity index (χ3n) is 9.15. The van der Waals surface area contributed by atoms with E-state index >= 15 is 0 Å². The van der Waals surface area contributed by atoms with E-state index in [2.05, 4.69) is 121 Å². The Bertz CT molecular complexity index is 2330. The molecule has 2 heterocycles. The molecule has 0 saturated heterocycles. The fourth-order valence-corrected chi connectivity index (χ4v) is 6.90. The topological polar surface area (TPSA) is 47.9 Å². The monoisotopic (exact) mass is 603 g/mol. The molecule has 2 atom stereocenters. The average Bonchev–Trinajstić information content (AvgIpc) is 3.54. The van der Waals surface area contributed by atoms with E-state index in [1.165, 1.54) is 22.3 Å². The summed E-state index contributed by atoms with van der Waals surface area (Å²) >= 11 is 0. The molecule has 0 spiro atoms. The Morgan fingerprint density at radius 3 is 1.74 bits per heavy atom. The first kappa shape index (κ1) is 27.2. The van der Waals surface area contributed by atoms with Crippen LogP contribution in [0.3, 0.4) is 0 Å². The molecule has 9 rings (SSSR count). The van der Waals surface area contributed by atoms with Gasteiger partial charge in [0.15, 0.2) is 17.5 Å². The van der Waals surface area contributed by atoms with E-state index in [9.17, 15) is 0 Å². The molecule has 7 aromatic rings. The Hall–Kier alpha value is -6.13. The molecule has 1 aliphatic heterocycles. The van der Waals surface area contributed by atoms with Crippen molar-refractivity contribution in [2.45, 2.75) is 12.0 Å². The molecule has 6 aromatic carbocycles. The highest BCUT2D eigenvalue weighted by Gasteiger charge is 2.37. The van der Waals surface area contributed by atoms with E-state index in [0.717, 1.165) is 38.8 Å². The molecule has 4 nitrogen and oxygen atoms in total. The van der Waals surface area contributed by atoms with Crippen molar-refractivity contribution >= 4 is 16.3 Å². The van der Waals surface area contributed by atoms with Gasteiger partial charge >= 0.3 is 0 Å². The first-order valence-electron chi connectivity index (χ1n) is 15.9. The van der Waals surface area contributed by atoms with Crippen molar-refractivity contribution in [1.29, 1.82) is 0 Å². The number of ether oxygens (including phenoxy) is 1. The van der Waals surface area contributed by atoms with E-state index in [1.807, 2.05) is 42.5 Å². The average molecular weight is 604 g/mol. The number of aromatic nitrogens is 3. The number of benzene rings is 6. The van der Waals surface area contributed by atoms with Gasteiger partial charge in [0.1, 0.15) is 11.9 Å². The van der Waals surface area contributed by atoms with Crippen molar-refractivity contribution in [3.05, 3.63) is 175 Å². The molecule has 0 amide bonds. The van der Waals surface area contributed by atoms with Crippen LogP contribution in [0, 0.1) is 0 Å². The second-order valence-electron chi connectivity index (χ2n) is 11.9. The lowest BCUT2D eigenvalue weighted by molar-refractivity contribution is 0.271. The summed E-state index contributed by atoms with van der Waals surface area (Å²) in [5.74, 6) is 3.04. The number of hydrogen-bond acceptors (Lipinski definition) is 4. The van der Waals surface area contributed by atoms with Crippen LogP contribution in [-0.2, 0) is 0 Å². The van der Waals surface area contributed by atoms with Crippen LogP contribution in [-0.4, -0.2) is 21.1 Å². The molecule has 1 aliphatic carbocycles. The van der Waals surface area contributed by atoms with Gasteiger partial charge in [-0.2, -0.15) is 0 Å². The van der Waals surface area contributed by atoms with Crippen LogP contribution in [0.15, 0.2) is 164 Å². The Morgan fingerprint density at radius 2 is 1.00 bits per heavy atom. The summed E-state index contributed by atoms with van der Waals surface area (Å²) in [4.78, 5) is 15.2. The summed E-state index contributed by atoms with van der Waals surface area (Å²) in [7, 11) is 0. The zero-order chi connectivity index (χ0) is 31.2. The van der Waals surface area contributed by atoms with Crippen molar-refractivity contribution in [3.8, 4) is 51.0 Å². The van der Waals surface area contributed by atoms with Crippen LogP contribution in [0.2, 0.25) is 0 Å². The number of nitrogens with zero attached hydrogens (tertiary/aromatic N) is 3. The molecule has 222 valence electrons. The van der Waals surface area contributed by atoms with Gasteiger partial charge in [-0.05, 0) is 45.2 Å². The Kier molecular flexibility index (Phi) is 6.57. The van der Waals surface area contributed by atoms with E-state index in [4.69, 9.17) is 19.7 Å². The smallest absolute Gasteiger partial charge is 0.164 e. The van der Waals surface area contributed by atoms with Gasteiger partial charge < -0.3 is 4.74 Å². The molecule has 4 heteroatoms. The highest BCUT2D eigenvalue weighted by atomic mass is 16.5. The van der Waals surface area contributed by atoms with Gasteiger partial charge in [-0.15, -0.1) is 0 Å². The predicted octanol–water partition coefficient (Wildman–Crippen LogP) is 10.2. The van der Waals surface area contributed by atoms with Gasteiger partial charge in [-0.25, -0.2) is 15.0 Å². The number of allylic oxidation sites excluding steroid dienone is 2. The second-order valence-corrected chi connectivity index (χ2v) is 11.9. The minimum absolute atomic E-state index is 0.0152. The number of fused-ring (bicyclic) bond motifs is 4. The molecule has 2 aliphatic rings. The number of hydrogen-bond donors (Lipinski definition) is 0. The Balaban J connectivity index is 1.18. The lowest BCUT2D eigenvalue weighted by atomic mass is 9.80. The second kappa shape index (κ2) is 11.3. The van der Waals surface area contributed by atoms with Crippen LogP contribution >= 0.6 is 0 Å². The molecule has 2 unspecified atom stereocenters. The van der Waals surface area contributed by atoms with E-state index in [-0.39, 0.29) is 12.0 Å². The maximum absolute atomic E-state index is 6.36. The summed E-state index contributed by atoms with van der Waals surface area (Å²) in [5, 5.41) is 2.25. The summed E-state index contributed by atoms with van der Waals surface area (Å²) in [5.41, 5.74) is 8.86. The van der Waals surface area contributed by atoms with E-state index in [1.54, 1.807) is 0 Å². The van der Waals surface area contributed by atoms with Crippen molar-refractivity contribution in [1.82, 2.24) is 15.0 Å². The van der Waals surface area contributed by atoms with Gasteiger partial charge in [-0.1, -0.05) is 152 Å². The normalized spacial score (nSPS) is 16.3. The molecule has 1 aromatic heterocycles. The molecule has 0 fully saturated rings. The minimum Gasteiger partial charge on any atom is -0.485 e. The van der Waals surface area contributed by atoms with Crippen molar-refractivity contribution in [2.24, 2.45) is 0 Å². The lowest BCUT2D eigenvalue weighted by Crippen LogP contribution is -2.19. The standard InChI is InChI=1S/C43H29N3O/c1-3-12-28(13-4-1)29-24-26-31(27-25-29)42-44-41(30-14-5-2-6-15-30)45-43(46-42)36-21-10-17-32-33(18-9-19-34(32)36)35-20-11-23-39-40(35)37-16-7-8-22-38(37)47-39/h1-27,39-40H. The summed E-state index contributed by atoms with van der Waals surface area (Å²) in [6.45, 7) is 0. The van der Waals surface area contributed by atoms with Gasteiger partial charge in [-0.3, -0.25) is 0 Å². The molecule has 0 radical (unpaired) electrons. The molecule has 0 bridgehead atoms. The first-order chi connectivity index (χ1) is 23.3. The zero-order valence-corrected chi connectivity index (χ0v) is 25.5. The van der Waals surface area contributed by atoms with Gasteiger partial charge in [0.25, 0.3) is 0 Å². The first-order valence-corrected chi connectivity index (χ1v) is 15.9. The number of rotatable bonds is 5. The van der Waals surface area contributed by atoms with E-state index in [0.29, 0.717) is 17.5 Å². The highest BCUT2D eigenvalue weighted by molar-refractivity contribution is 6.03. The lowest BCUT2D eigenvalue weighted by Gasteiger charge is -2.24. The maximum Gasteiger partial charge on any atom is 0.164 e. The zero-order valence-electron chi connectivity index (χ0n) is 25.5. The fraction of sp³-hybridized carbons (Fsp3) is 0.0465. The third-order valence-corrected chi connectivity index (χ3v) is 9.15. The molecule has 0 saturated carbocycles. The van der Waals surface area contributed by atoms with Gasteiger partial charge in [0.2, 0.25) is 0 Å². The van der Waals surface area contributed by atoms with Crippen LogP contribution < -0.4 is 4.74 Å². The van der Waals surface area contributed by atoms with Crippen LogP contribution in [0.4, 0.5) is 0 Å². The quantitative estimate of drug-likeness (QED) is 0.196. The minimum atomic E-state index is -0.0152. The summed E-state index contributed by atoms with van der Waals surface area (Å²) in [6.07, 6.45) is 6.51. The molecular formula is C43H29N3O. The van der Waals surface area contributed by atoms with Crippen LogP contribution in [0.5, 0.6) is 5.75 Å². The third kappa shape index (κ3) is 4.82. The van der Waals surface area contributed by atoms with Gasteiger partial charge in [0.05, 0.1) is 5.92 Å². The van der Waals surface area contributed by atoms with Crippen LogP contribution in [0.1, 0.15) is 17.0 Å². The van der Waals surface area contributed by atoms with Crippen molar-refractivity contribution in [2.75, 3.05) is 0 Å². The van der Waals surface area contributed by atoms with Crippen molar-refractivity contribution in [3.63, 3.8) is 0 Å². The predicted molar refractivity (Wildman–Crippen MR) is 190 cm³/mol. The molecular weight excluding hydrogens is 574 g/mol. The van der Waals surface area contributed by atoms with Crippen molar-refractivity contribution < 1.29 is 4.74 Å². The highest BCUT2D eigenvalue weighted by Crippen LogP contribution is 2.49. The maximum atomic E-state index is 6.36. The fourth-order valence-electron chi connectivity index (χ4n) is 6.90. The Labute approximate surface area is 273 Å².